The minimum Gasteiger partial charge on any atom is -0.324 e. The van der Waals surface area contributed by atoms with Gasteiger partial charge in [-0.25, -0.2) is 0 Å². The van der Waals surface area contributed by atoms with Crippen LogP contribution in [0.5, 0.6) is 0 Å². The second kappa shape index (κ2) is 7.67. The van der Waals surface area contributed by atoms with E-state index < -0.39 is 12.8 Å². The van der Waals surface area contributed by atoms with Crippen LogP contribution in [0.15, 0.2) is 0 Å². The molecule has 0 amide bonds. The van der Waals surface area contributed by atoms with E-state index in [-0.39, 0.29) is 0 Å². The maximum atomic E-state index is 12.0. The standard InChI is InChI=1S/C14H31O3P/c1-6-7-8-9-14(10-12(2)3,11-13(4)5)18(15,16)17/h12-13H,6-11H2,1-5H3,(H2,15,16,17). The van der Waals surface area contributed by atoms with Gasteiger partial charge in [-0.1, -0.05) is 53.9 Å². The van der Waals surface area contributed by atoms with Gasteiger partial charge >= 0.3 is 7.60 Å². The fraction of sp³-hybridized carbons (Fsp3) is 1.00. The van der Waals surface area contributed by atoms with E-state index in [2.05, 4.69) is 6.92 Å². The highest BCUT2D eigenvalue weighted by atomic mass is 31.2. The largest absolute Gasteiger partial charge is 0.331 e. The van der Waals surface area contributed by atoms with Gasteiger partial charge in [0.2, 0.25) is 0 Å². The summed E-state index contributed by atoms with van der Waals surface area (Å²) in [5.74, 6) is 0.635. The molecule has 0 spiro atoms. The zero-order chi connectivity index (χ0) is 14.4. The fourth-order valence-corrected chi connectivity index (χ4v) is 4.55. The predicted octanol–water partition coefficient (Wildman–Crippen LogP) is 4.58. The zero-order valence-corrected chi connectivity index (χ0v) is 13.5. The quantitative estimate of drug-likeness (QED) is 0.479. The lowest BCUT2D eigenvalue weighted by Gasteiger charge is -2.37. The van der Waals surface area contributed by atoms with Crippen molar-refractivity contribution >= 4 is 7.60 Å². The van der Waals surface area contributed by atoms with Gasteiger partial charge in [-0.15, -0.1) is 0 Å². The van der Waals surface area contributed by atoms with Crippen molar-refractivity contribution in [3.05, 3.63) is 0 Å². The van der Waals surface area contributed by atoms with Crippen LogP contribution in [0, 0.1) is 11.8 Å². The third-order valence-corrected chi connectivity index (χ3v) is 5.26. The molecule has 0 aliphatic heterocycles. The van der Waals surface area contributed by atoms with Crippen LogP contribution >= 0.6 is 7.60 Å². The van der Waals surface area contributed by atoms with Crippen molar-refractivity contribution in [1.82, 2.24) is 0 Å². The van der Waals surface area contributed by atoms with Crippen molar-refractivity contribution in [2.75, 3.05) is 0 Å². The van der Waals surface area contributed by atoms with Crippen LogP contribution in [-0.4, -0.2) is 14.9 Å². The van der Waals surface area contributed by atoms with E-state index in [4.69, 9.17) is 0 Å². The second-order valence-corrected chi connectivity index (χ2v) is 8.46. The van der Waals surface area contributed by atoms with Crippen LogP contribution in [-0.2, 0) is 4.57 Å². The Bertz CT molecular complexity index is 258. The summed E-state index contributed by atoms with van der Waals surface area (Å²) in [7, 11) is -4.05. The summed E-state index contributed by atoms with van der Waals surface area (Å²) in [5.41, 5.74) is 0. The molecule has 0 radical (unpaired) electrons. The molecule has 0 fully saturated rings. The molecule has 0 aromatic rings. The van der Waals surface area contributed by atoms with Gasteiger partial charge in [0, 0.05) is 0 Å². The Morgan fingerprint density at radius 3 is 1.72 bits per heavy atom. The Kier molecular flexibility index (Phi) is 7.73. The minimum absolute atomic E-state index is 0.318. The molecule has 0 aliphatic rings. The van der Waals surface area contributed by atoms with E-state index in [1.54, 1.807) is 0 Å². The predicted molar refractivity (Wildman–Crippen MR) is 77.8 cm³/mol. The van der Waals surface area contributed by atoms with Crippen molar-refractivity contribution in [2.45, 2.75) is 78.3 Å². The molecule has 0 atom stereocenters. The molecule has 0 aromatic heterocycles. The first-order chi connectivity index (χ1) is 8.14. The number of rotatable bonds is 9. The monoisotopic (exact) mass is 278 g/mol. The highest BCUT2D eigenvalue weighted by Gasteiger charge is 2.46. The highest BCUT2D eigenvalue weighted by Crippen LogP contribution is 2.59. The molecule has 0 aromatic carbocycles. The molecule has 110 valence electrons. The third kappa shape index (κ3) is 5.86. The van der Waals surface area contributed by atoms with Crippen LogP contribution < -0.4 is 0 Å². The molecule has 0 saturated carbocycles. The number of hydrogen-bond donors (Lipinski definition) is 2. The lowest BCUT2D eigenvalue weighted by Crippen LogP contribution is -2.32. The molecule has 18 heavy (non-hydrogen) atoms. The van der Waals surface area contributed by atoms with Crippen LogP contribution in [0.25, 0.3) is 0 Å². The van der Waals surface area contributed by atoms with Crippen LogP contribution in [0.2, 0.25) is 0 Å². The van der Waals surface area contributed by atoms with Crippen molar-refractivity contribution < 1.29 is 14.4 Å². The Labute approximate surface area is 113 Å². The molecule has 4 heteroatoms. The first kappa shape index (κ1) is 18.1. The maximum absolute atomic E-state index is 12.0. The molecule has 0 rings (SSSR count). The Morgan fingerprint density at radius 1 is 1.00 bits per heavy atom. The lowest BCUT2D eigenvalue weighted by atomic mass is 9.84. The van der Waals surface area contributed by atoms with Crippen molar-refractivity contribution in [3.63, 3.8) is 0 Å². The van der Waals surface area contributed by atoms with E-state index in [0.29, 0.717) is 31.1 Å². The second-order valence-electron chi connectivity index (χ2n) is 6.42. The van der Waals surface area contributed by atoms with Gasteiger partial charge in [-0.3, -0.25) is 4.57 Å². The van der Waals surface area contributed by atoms with Crippen LogP contribution in [0.1, 0.15) is 73.1 Å². The highest BCUT2D eigenvalue weighted by molar-refractivity contribution is 7.53. The normalized spacial score (nSPS) is 13.6. The molecule has 0 aliphatic carbocycles. The molecule has 0 heterocycles. The molecule has 2 N–H and O–H groups in total. The SMILES string of the molecule is CCCCCC(CC(C)C)(CC(C)C)P(=O)(O)O. The van der Waals surface area contributed by atoms with Crippen molar-refractivity contribution in [3.8, 4) is 0 Å². The average molecular weight is 278 g/mol. The fourth-order valence-electron chi connectivity index (χ4n) is 2.89. The molecular formula is C14H31O3P. The van der Waals surface area contributed by atoms with E-state index >= 15 is 0 Å². The molecule has 3 nitrogen and oxygen atoms in total. The third-order valence-electron chi connectivity index (χ3n) is 3.44. The molecule has 0 saturated heterocycles. The summed E-state index contributed by atoms with van der Waals surface area (Å²) in [6, 6.07) is 0. The van der Waals surface area contributed by atoms with Gasteiger partial charge < -0.3 is 9.79 Å². The minimum atomic E-state index is -4.05. The lowest BCUT2D eigenvalue weighted by molar-refractivity contribution is 0.257. The van der Waals surface area contributed by atoms with Crippen molar-refractivity contribution in [2.24, 2.45) is 11.8 Å². The van der Waals surface area contributed by atoms with Gasteiger partial charge in [0.25, 0.3) is 0 Å². The molecular weight excluding hydrogens is 247 g/mol. The van der Waals surface area contributed by atoms with Crippen LogP contribution in [0.4, 0.5) is 0 Å². The smallest absolute Gasteiger partial charge is 0.324 e. The van der Waals surface area contributed by atoms with E-state index in [9.17, 15) is 14.4 Å². The van der Waals surface area contributed by atoms with Crippen molar-refractivity contribution in [1.29, 1.82) is 0 Å². The summed E-state index contributed by atoms with van der Waals surface area (Å²) in [6.45, 7) is 10.3. The Balaban J connectivity index is 5.07. The van der Waals surface area contributed by atoms with Gasteiger partial charge in [-0.05, 0) is 31.1 Å². The van der Waals surface area contributed by atoms with Gasteiger partial charge in [-0.2, -0.15) is 0 Å². The van der Waals surface area contributed by atoms with Gasteiger partial charge in [0.05, 0.1) is 5.16 Å². The van der Waals surface area contributed by atoms with E-state index in [1.165, 1.54) is 0 Å². The summed E-state index contributed by atoms with van der Waals surface area (Å²) in [4.78, 5) is 19.7. The Morgan fingerprint density at radius 2 is 1.44 bits per heavy atom. The number of unbranched alkanes of at least 4 members (excludes halogenated alkanes) is 2. The average Bonchev–Trinajstić information content (AvgIpc) is 2.13. The summed E-state index contributed by atoms with van der Waals surface area (Å²) >= 11 is 0. The van der Waals surface area contributed by atoms with E-state index in [0.717, 1.165) is 19.3 Å². The van der Waals surface area contributed by atoms with Gasteiger partial charge in [0.1, 0.15) is 0 Å². The summed E-state index contributed by atoms with van der Waals surface area (Å²) in [5, 5.41) is -0.801. The molecule has 0 unspecified atom stereocenters. The van der Waals surface area contributed by atoms with Gasteiger partial charge in [0.15, 0.2) is 0 Å². The maximum Gasteiger partial charge on any atom is 0.331 e. The summed E-state index contributed by atoms with van der Waals surface area (Å²) in [6.07, 6.45) is 4.96. The van der Waals surface area contributed by atoms with Crippen LogP contribution in [0.3, 0.4) is 0 Å². The first-order valence-electron chi connectivity index (χ1n) is 7.20. The van der Waals surface area contributed by atoms with E-state index in [1.807, 2.05) is 27.7 Å². The zero-order valence-electron chi connectivity index (χ0n) is 12.6. The topological polar surface area (TPSA) is 57.5 Å². The molecule has 0 bridgehead atoms. The Hall–Kier alpha value is 0.150. The first-order valence-corrected chi connectivity index (χ1v) is 8.81. The summed E-state index contributed by atoms with van der Waals surface area (Å²) < 4.78 is 12.0. The number of hydrogen-bond acceptors (Lipinski definition) is 1.